The molecule has 0 bridgehead atoms. The Labute approximate surface area is 127 Å². The van der Waals surface area contributed by atoms with Crippen LogP contribution in [-0.4, -0.2) is 13.1 Å². The molecule has 0 amide bonds. The van der Waals surface area contributed by atoms with Gasteiger partial charge in [-0.2, -0.15) is 0 Å². The van der Waals surface area contributed by atoms with E-state index in [1.165, 1.54) is 22.3 Å². The summed E-state index contributed by atoms with van der Waals surface area (Å²) in [4.78, 5) is 0. The Hall–Kier alpha value is -1.31. The smallest absolute Gasteiger partial charge is 0.0406 e. The zero-order valence-corrected chi connectivity index (χ0v) is 13.2. The van der Waals surface area contributed by atoms with E-state index in [2.05, 4.69) is 49.5 Å². The number of benzene rings is 2. The number of rotatable bonds is 5. The van der Waals surface area contributed by atoms with Crippen LogP contribution in [0.25, 0.3) is 0 Å². The van der Waals surface area contributed by atoms with Crippen LogP contribution in [0.1, 0.15) is 22.3 Å². The van der Waals surface area contributed by atoms with E-state index in [9.17, 15) is 0 Å². The van der Waals surface area contributed by atoms with E-state index in [1.807, 2.05) is 19.2 Å². The maximum atomic E-state index is 5.93. The highest BCUT2D eigenvalue weighted by Gasteiger charge is 2.10. The van der Waals surface area contributed by atoms with Crippen LogP contribution in [0.3, 0.4) is 0 Å². The number of likely N-dealkylation sites (N-methyl/N-ethyl adjacent to an activating group) is 1. The molecule has 0 saturated heterocycles. The first kappa shape index (κ1) is 15.1. The highest BCUT2D eigenvalue weighted by atomic mass is 35.5. The third kappa shape index (κ3) is 4.09. The van der Waals surface area contributed by atoms with E-state index < -0.39 is 0 Å². The number of nitrogens with one attached hydrogen (secondary N) is 1. The lowest BCUT2D eigenvalue weighted by Crippen LogP contribution is -2.30. The minimum Gasteiger partial charge on any atom is -0.316 e. The molecule has 0 aliphatic carbocycles. The molecule has 1 N–H and O–H groups in total. The minimum absolute atomic E-state index is 0.441. The Balaban J connectivity index is 2.08. The third-order valence-electron chi connectivity index (χ3n) is 3.77. The molecule has 0 spiro atoms. The normalized spacial score (nSPS) is 12.4. The van der Waals surface area contributed by atoms with Crippen LogP contribution in [0, 0.1) is 13.8 Å². The lowest BCUT2D eigenvalue weighted by atomic mass is 9.95. The Bertz CT molecular complexity index is 560. The van der Waals surface area contributed by atoms with Crippen LogP contribution in [-0.2, 0) is 12.8 Å². The van der Waals surface area contributed by atoms with Gasteiger partial charge in [0.15, 0.2) is 0 Å². The molecule has 2 rings (SSSR count). The molecule has 2 aromatic rings. The summed E-state index contributed by atoms with van der Waals surface area (Å²) < 4.78 is 0. The average Bonchev–Trinajstić information content (AvgIpc) is 2.44. The van der Waals surface area contributed by atoms with E-state index >= 15 is 0 Å². The van der Waals surface area contributed by atoms with Crippen molar-refractivity contribution in [2.45, 2.75) is 32.7 Å². The summed E-state index contributed by atoms with van der Waals surface area (Å²) in [5, 5.41) is 4.22. The first-order chi connectivity index (χ1) is 9.58. The van der Waals surface area contributed by atoms with Gasteiger partial charge in [-0.25, -0.2) is 0 Å². The summed E-state index contributed by atoms with van der Waals surface area (Å²) in [6.45, 7) is 4.33. The molecule has 0 aromatic heterocycles. The summed E-state index contributed by atoms with van der Waals surface area (Å²) >= 11 is 5.93. The highest BCUT2D eigenvalue weighted by molar-refractivity contribution is 6.30. The fraction of sp³-hybridized carbons (Fsp3) is 0.333. The molecule has 0 aliphatic heterocycles. The molecule has 0 fully saturated rings. The molecule has 0 radical (unpaired) electrons. The van der Waals surface area contributed by atoms with E-state index in [-0.39, 0.29) is 0 Å². The molecule has 0 aliphatic rings. The molecule has 2 heteroatoms. The number of halogens is 1. The maximum Gasteiger partial charge on any atom is 0.0406 e. The van der Waals surface area contributed by atoms with Crippen molar-refractivity contribution in [2.24, 2.45) is 0 Å². The largest absolute Gasteiger partial charge is 0.316 e. The zero-order valence-electron chi connectivity index (χ0n) is 12.4. The molecule has 0 saturated carbocycles. The molecule has 0 heterocycles. The van der Waals surface area contributed by atoms with Gasteiger partial charge in [0.05, 0.1) is 0 Å². The van der Waals surface area contributed by atoms with Crippen LogP contribution in [0.5, 0.6) is 0 Å². The average molecular weight is 288 g/mol. The van der Waals surface area contributed by atoms with Crippen molar-refractivity contribution in [3.63, 3.8) is 0 Å². The van der Waals surface area contributed by atoms with Crippen LogP contribution in [0.15, 0.2) is 42.5 Å². The van der Waals surface area contributed by atoms with Gasteiger partial charge in [-0.05, 0) is 62.6 Å². The van der Waals surface area contributed by atoms with Crippen molar-refractivity contribution in [1.29, 1.82) is 0 Å². The van der Waals surface area contributed by atoms with Gasteiger partial charge in [-0.1, -0.05) is 47.5 Å². The summed E-state index contributed by atoms with van der Waals surface area (Å²) in [5.74, 6) is 0. The zero-order chi connectivity index (χ0) is 14.5. The lowest BCUT2D eigenvalue weighted by Gasteiger charge is -2.18. The van der Waals surface area contributed by atoms with Gasteiger partial charge in [0, 0.05) is 11.1 Å². The van der Waals surface area contributed by atoms with Crippen LogP contribution >= 0.6 is 11.6 Å². The van der Waals surface area contributed by atoms with Gasteiger partial charge in [0.25, 0.3) is 0 Å². The second-order valence-electron chi connectivity index (χ2n) is 5.45. The summed E-state index contributed by atoms with van der Waals surface area (Å²) in [7, 11) is 2.03. The van der Waals surface area contributed by atoms with Gasteiger partial charge in [-0.15, -0.1) is 0 Å². The van der Waals surface area contributed by atoms with Crippen molar-refractivity contribution in [3.8, 4) is 0 Å². The van der Waals surface area contributed by atoms with Crippen molar-refractivity contribution in [3.05, 3.63) is 69.7 Å². The Kier molecular flexibility index (Phi) is 5.22. The molecule has 2 aromatic carbocycles. The van der Waals surface area contributed by atoms with E-state index in [0.717, 1.165) is 17.9 Å². The first-order valence-electron chi connectivity index (χ1n) is 7.06. The molecular formula is C18H22ClN. The quantitative estimate of drug-likeness (QED) is 0.863. The molecule has 20 heavy (non-hydrogen) atoms. The van der Waals surface area contributed by atoms with Crippen molar-refractivity contribution in [2.75, 3.05) is 7.05 Å². The second-order valence-corrected chi connectivity index (χ2v) is 5.89. The SMILES string of the molecule is CNC(Cc1ccc(Cl)cc1)Cc1cc(C)ccc1C. The molecular weight excluding hydrogens is 266 g/mol. The van der Waals surface area contributed by atoms with Gasteiger partial charge in [0.2, 0.25) is 0 Å². The predicted octanol–water partition coefficient (Wildman–Crippen LogP) is 4.33. The summed E-state index contributed by atoms with van der Waals surface area (Å²) in [5.41, 5.74) is 5.44. The van der Waals surface area contributed by atoms with Gasteiger partial charge in [-0.3, -0.25) is 0 Å². The first-order valence-corrected chi connectivity index (χ1v) is 7.44. The molecule has 106 valence electrons. The third-order valence-corrected chi connectivity index (χ3v) is 4.03. The number of aryl methyl sites for hydroxylation is 2. The molecule has 1 unspecified atom stereocenters. The van der Waals surface area contributed by atoms with Crippen LogP contribution in [0.4, 0.5) is 0 Å². The predicted molar refractivity (Wildman–Crippen MR) is 87.6 cm³/mol. The maximum absolute atomic E-state index is 5.93. The van der Waals surface area contributed by atoms with Crippen molar-refractivity contribution in [1.82, 2.24) is 5.32 Å². The number of hydrogen-bond acceptors (Lipinski definition) is 1. The molecule has 1 atom stereocenters. The topological polar surface area (TPSA) is 12.0 Å². The summed E-state index contributed by atoms with van der Waals surface area (Å²) in [6, 6.07) is 15.2. The minimum atomic E-state index is 0.441. The fourth-order valence-corrected chi connectivity index (χ4v) is 2.59. The second kappa shape index (κ2) is 6.92. The Morgan fingerprint density at radius 3 is 2.35 bits per heavy atom. The van der Waals surface area contributed by atoms with Gasteiger partial charge >= 0.3 is 0 Å². The Morgan fingerprint density at radius 2 is 1.70 bits per heavy atom. The van der Waals surface area contributed by atoms with Gasteiger partial charge < -0.3 is 5.32 Å². The monoisotopic (exact) mass is 287 g/mol. The lowest BCUT2D eigenvalue weighted by molar-refractivity contribution is 0.555. The molecule has 1 nitrogen and oxygen atoms in total. The standard InChI is InChI=1S/C18H22ClN/c1-13-4-5-14(2)16(10-13)12-18(20-3)11-15-6-8-17(19)9-7-15/h4-10,18,20H,11-12H2,1-3H3. The summed E-state index contributed by atoms with van der Waals surface area (Å²) in [6.07, 6.45) is 2.06. The van der Waals surface area contributed by atoms with Crippen LogP contribution in [0.2, 0.25) is 5.02 Å². The highest BCUT2D eigenvalue weighted by Crippen LogP contribution is 2.16. The fourth-order valence-electron chi connectivity index (χ4n) is 2.47. The van der Waals surface area contributed by atoms with Crippen molar-refractivity contribution >= 4 is 11.6 Å². The van der Waals surface area contributed by atoms with Crippen molar-refractivity contribution < 1.29 is 0 Å². The Morgan fingerprint density at radius 1 is 1.00 bits per heavy atom. The van der Waals surface area contributed by atoms with Gasteiger partial charge in [0.1, 0.15) is 0 Å². The number of hydrogen-bond donors (Lipinski definition) is 1. The van der Waals surface area contributed by atoms with E-state index in [1.54, 1.807) is 0 Å². The van der Waals surface area contributed by atoms with E-state index in [4.69, 9.17) is 11.6 Å². The van der Waals surface area contributed by atoms with E-state index in [0.29, 0.717) is 6.04 Å². The van der Waals surface area contributed by atoms with Crippen LogP contribution < -0.4 is 5.32 Å².